The number of piperazine rings is 2. The number of hydrogen-bond acceptors (Lipinski definition) is 28. The third-order valence-electron chi connectivity index (χ3n) is 26.8. The zero-order chi connectivity index (χ0) is 99.8. The summed E-state index contributed by atoms with van der Waals surface area (Å²) in [5, 5.41) is 52.3. The second-order valence-corrected chi connectivity index (χ2v) is 43.2. The molecule has 2 unspecified atom stereocenters. The Morgan fingerprint density at radius 2 is 0.718 bits per heavy atom. The zero-order valence-corrected chi connectivity index (χ0v) is 88.5. The highest BCUT2D eigenvalue weighted by atomic mass is 35.5. The topological polar surface area (TPSA) is 343 Å². The van der Waals surface area contributed by atoms with Gasteiger partial charge in [-0.2, -0.15) is 5.10 Å². The van der Waals surface area contributed by atoms with Gasteiger partial charge in [0.05, 0.1) is 61.5 Å². The number of nitrogens with zero attached hydrogens (tertiary/aromatic N) is 23. The Hall–Kier alpha value is -11.2. The van der Waals surface area contributed by atoms with Crippen LogP contribution in [-0.4, -0.2) is 272 Å². The van der Waals surface area contributed by atoms with Gasteiger partial charge in [-0.25, -0.2) is 10.4 Å². The quantitative estimate of drug-likeness (QED) is 0.0235. The molecule has 4 aromatic carbocycles. The number of benzene rings is 4. The highest BCUT2D eigenvalue weighted by Crippen LogP contribution is 2.46. The van der Waals surface area contributed by atoms with Gasteiger partial charge in [0.1, 0.15) is 79.1 Å². The number of aromatic nitrogens is 14. The van der Waals surface area contributed by atoms with Crippen molar-refractivity contribution in [3.63, 3.8) is 0 Å². The molecule has 7 aliphatic rings. The molecule has 9 aromatic heterocycles. The minimum Gasteiger partial charge on any atom is -0.379 e. The van der Waals surface area contributed by atoms with Gasteiger partial charge in [-0.3, -0.25) is 62.3 Å². The molecule has 3 amide bonds. The van der Waals surface area contributed by atoms with Crippen LogP contribution in [0.3, 0.4) is 0 Å². The summed E-state index contributed by atoms with van der Waals surface area (Å²) in [6.45, 7) is 40.8. The number of H-pyrrole nitrogens is 1. The number of nitrogens with one attached hydrogen (secondary N) is 4. The Kier molecular flexibility index (Phi) is 33.0. The number of imidazole rings is 1. The molecule has 20 rings (SSSR count). The molecule has 142 heavy (non-hydrogen) atoms. The first kappa shape index (κ1) is 102. The maximum absolute atomic E-state index is 13.2. The van der Waals surface area contributed by atoms with Crippen molar-refractivity contribution in [3.05, 3.63) is 268 Å². The number of amides is 3. The van der Waals surface area contributed by atoms with Crippen LogP contribution < -0.4 is 16.1 Å². The van der Waals surface area contributed by atoms with Crippen molar-refractivity contribution in [2.24, 2.45) is 25.1 Å². The molecule has 0 aliphatic carbocycles. The number of hydrazone groups is 1. The SMILES string of the molecule is Cc1sc2c(c1C)C(c1ccc(Cl)cc1)=NC(CC(=O)NCCCN1CCN(C)CC1)c1nnc(C)n1-2.Cc1sc2c(c1C)C(c1ccc(Cl)cc1)=NC(CC(=O)NCCN1CCOCC1)c1nnc(C)n1-2.Cc1sc2c(c1C)C(c1ccc(Cl)cc1)=N[C@@H](CC(=O)CCCN1CCN(C)CC1)c1nnc(C)n1-2.Cc1sc2c(c1C)C(c1ccc(Cl)cc1)=N[C@@H](CC(=O)N/N=C/c1ncc[nH]1)c1nnc(C)n1-2. The molecule has 3 fully saturated rings. The van der Waals surface area contributed by atoms with Gasteiger partial charge in [-0.1, -0.05) is 94.9 Å². The molecule has 7 aliphatic heterocycles. The molecule has 0 saturated carbocycles. The number of likely N-dealkylation sites (N-methyl/N-ethyl adjacent to an activating group) is 2. The number of fused-ring (bicyclic) bond motifs is 12. The van der Waals surface area contributed by atoms with E-state index in [2.05, 4.69) is 180 Å². The van der Waals surface area contributed by atoms with Gasteiger partial charge in [0, 0.05) is 194 Å². The summed E-state index contributed by atoms with van der Waals surface area (Å²) in [6.07, 6.45) is 7.90. The number of ketones is 1. The molecule has 0 spiro atoms. The predicted octanol–water partition coefficient (Wildman–Crippen LogP) is 16.4. The first-order chi connectivity index (χ1) is 68.5. The van der Waals surface area contributed by atoms with Crippen molar-refractivity contribution in [1.82, 2.24) is 110 Å². The smallest absolute Gasteiger partial charge is 0.242 e. The van der Waals surface area contributed by atoms with Crippen molar-refractivity contribution in [3.8, 4) is 20.0 Å². The minimum absolute atomic E-state index is 0.0204. The van der Waals surface area contributed by atoms with Crippen molar-refractivity contribution >= 4 is 144 Å². The Morgan fingerprint density at radius 1 is 0.401 bits per heavy atom. The van der Waals surface area contributed by atoms with Crippen molar-refractivity contribution < 1.29 is 23.9 Å². The van der Waals surface area contributed by atoms with E-state index in [0.717, 1.165) is 233 Å². The number of aliphatic imine (C=N–C) groups is 4. The van der Waals surface area contributed by atoms with Gasteiger partial charge in [-0.15, -0.1) is 86.1 Å². The van der Waals surface area contributed by atoms with E-state index in [0.29, 0.717) is 69.3 Å². The first-order valence-electron chi connectivity index (χ1n) is 47.9. The van der Waals surface area contributed by atoms with Gasteiger partial charge >= 0.3 is 0 Å². The molecule has 0 bridgehead atoms. The molecular formula is C102H117Cl4N27O5S4. The van der Waals surface area contributed by atoms with E-state index in [9.17, 15) is 19.2 Å². The van der Waals surface area contributed by atoms with Crippen LogP contribution >= 0.6 is 91.8 Å². The van der Waals surface area contributed by atoms with Crippen LogP contribution in [0.2, 0.25) is 20.1 Å². The number of carbonyl (C=O) groups excluding carboxylic acids is 4. The average Bonchev–Trinajstić information content (AvgIpc) is 1.60. The zero-order valence-electron chi connectivity index (χ0n) is 82.2. The van der Waals surface area contributed by atoms with Crippen LogP contribution in [0.15, 0.2) is 135 Å². The number of hydrogen-bond donors (Lipinski definition) is 4. The van der Waals surface area contributed by atoms with E-state index in [1.54, 1.807) is 57.7 Å². The van der Waals surface area contributed by atoms with Crippen molar-refractivity contribution in [1.29, 1.82) is 0 Å². The largest absolute Gasteiger partial charge is 0.379 e. The van der Waals surface area contributed by atoms with Crippen LogP contribution in [-0.2, 0) is 23.9 Å². The number of aromatic amines is 1. The van der Waals surface area contributed by atoms with E-state index in [1.807, 2.05) is 129 Å². The van der Waals surface area contributed by atoms with E-state index < -0.39 is 18.1 Å². The van der Waals surface area contributed by atoms with Gasteiger partial charge in [-0.05, 0) is 194 Å². The van der Waals surface area contributed by atoms with Gasteiger partial charge < -0.3 is 40.0 Å². The third kappa shape index (κ3) is 23.2. The van der Waals surface area contributed by atoms with E-state index in [-0.39, 0.29) is 48.8 Å². The third-order valence-corrected chi connectivity index (χ3v) is 32.6. The molecule has 40 heteroatoms. The van der Waals surface area contributed by atoms with Crippen LogP contribution in [0.5, 0.6) is 0 Å². The molecule has 13 aromatic rings. The summed E-state index contributed by atoms with van der Waals surface area (Å²) in [6, 6.07) is 29.0. The maximum atomic E-state index is 13.2. The standard InChI is InChI=1S/C27H34ClN7OS.C27H33ClN6OS.C25H29ClN6O2S.C23H21ClN8OS/c1-17-18(2)37-27-24(17)25(20-6-8-21(28)9-7-20)30-22(26-32-31-19(3)35(26)27)16-23(36)29-10-5-11-34-14-12-33(4)13-15-34;1-17-18(2)36-27-24(17)25(20-7-9-21(28)10-8-20)29-23(26-31-30-19(3)34(26)27)16-22(35)6-5-11-33-14-12-32(4)13-15-33;1-15-16(2)35-25-22(15)23(18-4-6-19(26)7-5-18)28-20(24-30-29-17(3)32(24)25)14-21(33)27-8-9-31-10-12-34-13-11-31;1-12-13(2)34-23-20(12)21(15-4-6-16(24)7-5-15)28-17(22-31-29-14(3)32(22)23)10-19(33)30-27-11-18-25-8-9-26-18/h6-9,22H,5,10-16H2,1-4H3,(H,29,36);7-10,23H,5-6,11-16H2,1-4H3;4-7,20H,8-14H2,1-3H3,(H,27,33);4-9,11,17H,10H2,1-3H3,(H,25,26)(H,30,33)/b;;;27-11+/t;23-;;17-/m.0.0/s1. The van der Waals surface area contributed by atoms with Gasteiger partial charge in [0.25, 0.3) is 0 Å². The van der Waals surface area contributed by atoms with Gasteiger partial charge in [0.2, 0.25) is 17.7 Å². The Morgan fingerprint density at radius 3 is 1.06 bits per heavy atom. The number of morpholine rings is 1. The summed E-state index contributed by atoms with van der Waals surface area (Å²) < 4.78 is 13.7. The molecule has 742 valence electrons. The summed E-state index contributed by atoms with van der Waals surface area (Å²) in [5.41, 5.74) is 18.8. The second kappa shape index (κ2) is 45.8. The Balaban J connectivity index is 0.000000130. The Bertz CT molecular complexity index is 6900. The number of carbonyl (C=O) groups is 4. The van der Waals surface area contributed by atoms with Crippen molar-refractivity contribution in [2.45, 2.75) is 152 Å². The fraction of sp³-hybridized carbons (Fsp3) is 0.412. The van der Waals surface area contributed by atoms with Gasteiger partial charge in [0.15, 0.2) is 23.3 Å². The van der Waals surface area contributed by atoms with E-state index in [1.165, 1.54) is 42.4 Å². The molecule has 4 N–H and O–H groups in total. The molecule has 32 nitrogen and oxygen atoms in total. The lowest BCUT2D eigenvalue weighted by molar-refractivity contribution is -0.122. The molecule has 3 saturated heterocycles. The van der Waals surface area contributed by atoms with Crippen molar-refractivity contribution in [2.75, 3.05) is 125 Å². The molecule has 16 heterocycles. The van der Waals surface area contributed by atoms with Crippen LogP contribution in [0.1, 0.15) is 208 Å². The number of Topliss-reactive ketones (excluding diaryl/α,β-unsaturated/α-hetero) is 1. The monoisotopic (exact) mass is 2070 g/mol. The summed E-state index contributed by atoms with van der Waals surface area (Å²) >= 11 is 31.5. The fourth-order valence-electron chi connectivity index (χ4n) is 18.4. The molecule has 0 radical (unpaired) electrons. The highest BCUT2D eigenvalue weighted by molar-refractivity contribution is 7.16. The van der Waals surface area contributed by atoms with Crippen LogP contribution in [0, 0.1) is 83.1 Å². The summed E-state index contributed by atoms with van der Waals surface area (Å²) in [7, 11) is 4.32. The van der Waals surface area contributed by atoms with Crippen LogP contribution in [0.4, 0.5) is 0 Å². The number of rotatable bonds is 25. The summed E-state index contributed by atoms with van der Waals surface area (Å²) in [5.74, 6) is 6.30. The second-order valence-electron chi connectivity index (χ2n) is 36.6. The normalized spacial score (nSPS) is 17.5. The van der Waals surface area contributed by atoms with E-state index >= 15 is 0 Å². The number of thiophene rings is 4. The van der Waals surface area contributed by atoms with Crippen LogP contribution in [0.25, 0.3) is 20.0 Å². The number of ether oxygens (including phenoxy) is 1. The maximum Gasteiger partial charge on any atom is 0.242 e. The number of halogens is 4. The van der Waals surface area contributed by atoms with E-state index in [4.69, 9.17) is 71.1 Å². The first-order valence-corrected chi connectivity index (χ1v) is 52.7. The highest BCUT2D eigenvalue weighted by Gasteiger charge is 2.39. The minimum atomic E-state index is -0.551. The lowest BCUT2D eigenvalue weighted by Gasteiger charge is -2.32. The Labute approximate surface area is 862 Å². The lowest BCUT2D eigenvalue weighted by Crippen LogP contribution is -2.45. The predicted molar refractivity (Wildman–Crippen MR) is 566 cm³/mol. The average molecular weight is 2070 g/mol. The molecule has 4 atom stereocenters. The fourth-order valence-corrected chi connectivity index (χ4v) is 23.8. The molecular weight excluding hydrogens is 1950 g/mol. The summed E-state index contributed by atoms with van der Waals surface area (Å²) in [4.78, 5) is 96.4. The lowest BCUT2D eigenvalue weighted by atomic mass is 9.99. The number of aryl methyl sites for hydroxylation is 8.